The Bertz CT molecular complexity index is 1040. The highest BCUT2D eigenvalue weighted by atomic mass is 19.1. The summed E-state index contributed by atoms with van der Waals surface area (Å²) < 4.78 is 13.7. The minimum absolute atomic E-state index is 0.0870. The topological polar surface area (TPSA) is 48.1 Å². The molecule has 2 N–H and O–H groups in total. The first-order chi connectivity index (χ1) is 14.5. The maximum atomic E-state index is 13.7. The van der Waals surface area contributed by atoms with Crippen molar-refractivity contribution in [2.75, 3.05) is 12.4 Å². The predicted molar refractivity (Wildman–Crippen MR) is 120 cm³/mol. The molecule has 2 aromatic carbocycles. The van der Waals surface area contributed by atoms with Crippen LogP contribution in [0, 0.1) is 12.7 Å². The van der Waals surface area contributed by atoms with E-state index in [9.17, 15) is 9.18 Å². The highest BCUT2D eigenvalue weighted by Crippen LogP contribution is 2.26. The molecule has 0 radical (unpaired) electrons. The van der Waals surface area contributed by atoms with Crippen LogP contribution in [-0.4, -0.2) is 28.9 Å². The molecule has 0 unspecified atom stereocenters. The van der Waals surface area contributed by atoms with Crippen molar-refractivity contribution in [3.05, 3.63) is 65.1 Å². The molecule has 0 bridgehead atoms. The minimum Gasteiger partial charge on any atom is -0.358 e. The Balaban J connectivity index is 1.48. The molecule has 0 spiro atoms. The van der Waals surface area contributed by atoms with Crippen molar-refractivity contribution < 1.29 is 9.18 Å². The fourth-order valence-corrected chi connectivity index (χ4v) is 4.64. The number of amides is 1. The molecule has 4 nitrogen and oxygen atoms in total. The molecule has 1 saturated carbocycles. The number of carbonyl (C=O) groups is 1. The average Bonchev–Trinajstić information content (AvgIpc) is 3.04. The molecule has 5 heteroatoms. The molecule has 1 heterocycles. The number of H-pyrrole nitrogens is 1. The third kappa shape index (κ3) is 4.57. The van der Waals surface area contributed by atoms with Crippen molar-refractivity contribution in [1.29, 1.82) is 0 Å². The van der Waals surface area contributed by atoms with Gasteiger partial charge in [-0.2, -0.15) is 0 Å². The number of carbonyl (C=O) groups excluding carboxylic acids is 1. The van der Waals surface area contributed by atoms with Crippen molar-refractivity contribution in [1.82, 2.24) is 9.88 Å². The summed E-state index contributed by atoms with van der Waals surface area (Å²) in [5.74, 6) is -0.379. The van der Waals surface area contributed by atoms with E-state index >= 15 is 0 Å². The van der Waals surface area contributed by atoms with Gasteiger partial charge < -0.3 is 10.3 Å². The Morgan fingerprint density at radius 2 is 1.93 bits per heavy atom. The van der Waals surface area contributed by atoms with Crippen LogP contribution in [0.25, 0.3) is 10.9 Å². The molecule has 158 valence electrons. The number of anilines is 1. The lowest BCUT2D eigenvalue weighted by Gasteiger charge is -2.31. The molecule has 0 saturated heterocycles. The number of halogens is 1. The van der Waals surface area contributed by atoms with Crippen LogP contribution >= 0.6 is 0 Å². The number of hydrogen-bond acceptors (Lipinski definition) is 2. The van der Waals surface area contributed by atoms with E-state index in [1.54, 1.807) is 6.07 Å². The minimum atomic E-state index is -0.292. The summed E-state index contributed by atoms with van der Waals surface area (Å²) in [6, 6.07) is 13.3. The molecular weight excluding hydrogens is 377 g/mol. The molecule has 0 aliphatic heterocycles. The first kappa shape index (κ1) is 20.6. The summed E-state index contributed by atoms with van der Waals surface area (Å²) in [6.45, 7) is 2.74. The first-order valence-electron chi connectivity index (χ1n) is 10.9. The number of benzene rings is 2. The van der Waals surface area contributed by atoms with E-state index < -0.39 is 0 Å². The Hall–Kier alpha value is -2.66. The summed E-state index contributed by atoms with van der Waals surface area (Å²) in [5.41, 5.74) is 4.58. The van der Waals surface area contributed by atoms with Crippen molar-refractivity contribution in [3.63, 3.8) is 0 Å². The average molecular weight is 408 g/mol. The molecule has 3 aromatic rings. The van der Waals surface area contributed by atoms with Crippen LogP contribution in [0.5, 0.6) is 0 Å². The predicted octanol–water partition coefficient (Wildman–Crippen LogP) is 5.56. The molecule has 1 amide bonds. The van der Waals surface area contributed by atoms with Gasteiger partial charge in [-0.25, -0.2) is 4.39 Å². The van der Waals surface area contributed by atoms with E-state index in [1.807, 2.05) is 25.1 Å². The Labute approximate surface area is 177 Å². The van der Waals surface area contributed by atoms with Gasteiger partial charge in [-0.1, -0.05) is 37.5 Å². The number of nitrogens with one attached hydrogen (secondary N) is 2. The van der Waals surface area contributed by atoms with E-state index in [0.717, 1.165) is 40.0 Å². The van der Waals surface area contributed by atoms with Gasteiger partial charge in [0.25, 0.3) is 0 Å². The van der Waals surface area contributed by atoms with Gasteiger partial charge in [0.15, 0.2) is 0 Å². The Morgan fingerprint density at radius 1 is 1.17 bits per heavy atom. The van der Waals surface area contributed by atoms with Crippen LogP contribution in [0.3, 0.4) is 0 Å². The molecule has 4 rings (SSSR count). The van der Waals surface area contributed by atoms with Crippen LogP contribution < -0.4 is 5.32 Å². The fraction of sp³-hybridized carbons (Fsp3) is 0.400. The van der Waals surface area contributed by atoms with Gasteiger partial charge in [-0.3, -0.25) is 9.69 Å². The molecule has 1 aromatic heterocycles. The monoisotopic (exact) mass is 407 g/mol. The largest absolute Gasteiger partial charge is 0.358 e. The molecule has 30 heavy (non-hydrogen) atoms. The van der Waals surface area contributed by atoms with Gasteiger partial charge in [0.1, 0.15) is 5.82 Å². The second-order valence-electron chi connectivity index (χ2n) is 8.51. The van der Waals surface area contributed by atoms with Crippen molar-refractivity contribution in [2.45, 2.75) is 58.0 Å². The third-order valence-corrected chi connectivity index (χ3v) is 6.33. The molecule has 1 aliphatic carbocycles. The van der Waals surface area contributed by atoms with Crippen LogP contribution in [-0.2, 0) is 17.8 Å². The zero-order valence-electron chi connectivity index (χ0n) is 17.8. The first-order valence-corrected chi connectivity index (χ1v) is 10.9. The smallest absolute Gasteiger partial charge is 0.228 e. The standard InChI is InChI=1S/C25H30FN3O/c1-17-21(22-14-19(26)12-13-24(22)27-17)15-25(30)28-23-11-7-6-8-18(23)16-29(2)20-9-4-3-5-10-20/h6-8,11-14,20,27H,3-5,9-10,15-16H2,1-2H3,(H,28,30). The number of rotatable bonds is 6. The summed E-state index contributed by atoms with van der Waals surface area (Å²) in [6.07, 6.45) is 6.66. The van der Waals surface area contributed by atoms with Crippen molar-refractivity contribution in [2.24, 2.45) is 0 Å². The second kappa shape index (κ2) is 9.00. The molecule has 1 aliphatic rings. The van der Waals surface area contributed by atoms with Crippen LogP contribution in [0.15, 0.2) is 42.5 Å². The number of para-hydroxylation sites is 1. The Morgan fingerprint density at radius 3 is 2.73 bits per heavy atom. The van der Waals surface area contributed by atoms with Crippen LogP contribution in [0.4, 0.5) is 10.1 Å². The maximum absolute atomic E-state index is 13.7. The number of fused-ring (bicyclic) bond motifs is 1. The lowest BCUT2D eigenvalue weighted by atomic mass is 9.94. The SMILES string of the molecule is Cc1[nH]c2ccc(F)cc2c1CC(=O)Nc1ccccc1CN(C)C1CCCCC1. The van der Waals surface area contributed by atoms with Crippen LogP contribution in [0.1, 0.15) is 48.9 Å². The zero-order chi connectivity index (χ0) is 21.1. The quantitative estimate of drug-likeness (QED) is 0.562. The lowest BCUT2D eigenvalue weighted by Crippen LogP contribution is -2.33. The van der Waals surface area contributed by atoms with Gasteiger partial charge in [-0.05, 0) is 62.2 Å². The van der Waals surface area contributed by atoms with Gasteiger partial charge in [-0.15, -0.1) is 0 Å². The summed E-state index contributed by atoms with van der Waals surface area (Å²) in [4.78, 5) is 18.5. The van der Waals surface area contributed by atoms with Gasteiger partial charge >= 0.3 is 0 Å². The lowest BCUT2D eigenvalue weighted by molar-refractivity contribution is -0.115. The Kier molecular flexibility index (Phi) is 6.18. The zero-order valence-corrected chi connectivity index (χ0v) is 17.8. The van der Waals surface area contributed by atoms with Crippen LogP contribution in [0.2, 0.25) is 0 Å². The summed E-state index contributed by atoms with van der Waals surface area (Å²) >= 11 is 0. The van der Waals surface area contributed by atoms with Crippen molar-refractivity contribution in [3.8, 4) is 0 Å². The van der Waals surface area contributed by atoms with Gasteiger partial charge in [0, 0.05) is 34.9 Å². The van der Waals surface area contributed by atoms with E-state index in [0.29, 0.717) is 6.04 Å². The highest BCUT2D eigenvalue weighted by Gasteiger charge is 2.19. The van der Waals surface area contributed by atoms with E-state index in [1.165, 1.54) is 44.2 Å². The van der Waals surface area contributed by atoms with E-state index in [2.05, 4.69) is 28.3 Å². The third-order valence-electron chi connectivity index (χ3n) is 6.33. The van der Waals surface area contributed by atoms with Crippen molar-refractivity contribution >= 4 is 22.5 Å². The fourth-order valence-electron chi connectivity index (χ4n) is 4.64. The summed E-state index contributed by atoms with van der Waals surface area (Å²) in [7, 11) is 2.18. The molecular formula is C25H30FN3O. The van der Waals surface area contributed by atoms with Gasteiger partial charge in [0.05, 0.1) is 6.42 Å². The van der Waals surface area contributed by atoms with Gasteiger partial charge in [0.2, 0.25) is 5.91 Å². The molecule has 1 fully saturated rings. The van der Waals surface area contributed by atoms with E-state index in [-0.39, 0.29) is 18.1 Å². The number of aromatic amines is 1. The number of hydrogen-bond donors (Lipinski definition) is 2. The number of aromatic nitrogens is 1. The normalized spacial score (nSPS) is 15.1. The molecule has 0 atom stereocenters. The number of aryl methyl sites for hydroxylation is 1. The van der Waals surface area contributed by atoms with E-state index in [4.69, 9.17) is 0 Å². The summed E-state index contributed by atoms with van der Waals surface area (Å²) in [5, 5.41) is 3.86. The maximum Gasteiger partial charge on any atom is 0.228 e. The second-order valence-corrected chi connectivity index (χ2v) is 8.51. The highest BCUT2D eigenvalue weighted by molar-refractivity contribution is 5.96. The number of nitrogens with zero attached hydrogens (tertiary/aromatic N) is 1.